The molecule has 0 aliphatic heterocycles. The van der Waals surface area contributed by atoms with Crippen LogP contribution in [-0.4, -0.2) is 5.91 Å². The average molecular weight is 272 g/mol. The van der Waals surface area contributed by atoms with Crippen molar-refractivity contribution in [1.29, 1.82) is 0 Å². The lowest BCUT2D eigenvalue weighted by Gasteiger charge is -2.15. The molecule has 20 heavy (non-hydrogen) atoms. The van der Waals surface area contributed by atoms with Gasteiger partial charge >= 0.3 is 0 Å². The van der Waals surface area contributed by atoms with E-state index in [0.717, 1.165) is 11.1 Å². The Morgan fingerprint density at radius 3 is 2.55 bits per heavy atom. The molecule has 1 atom stereocenters. The highest BCUT2D eigenvalue weighted by Crippen LogP contribution is 2.14. The molecular weight excluding hydrogens is 255 g/mol. The average Bonchev–Trinajstić information content (AvgIpc) is 2.47. The van der Waals surface area contributed by atoms with Crippen LogP contribution in [-0.2, 0) is 6.54 Å². The first-order chi connectivity index (χ1) is 9.60. The summed E-state index contributed by atoms with van der Waals surface area (Å²) >= 11 is 0. The third-order valence-electron chi connectivity index (χ3n) is 3.15. The first-order valence-electron chi connectivity index (χ1n) is 6.45. The lowest BCUT2D eigenvalue weighted by Crippen LogP contribution is -2.26. The van der Waals surface area contributed by atoms with Crippen LogP contribution in [0.2, 0.25) is 0 Å². The summed E-state index contributed by atoms with van der Waals surface area (Å²) in [7, 11) is 0. The minimum atomic E-state index is -0.419. The summed E-state index contributed by atoms with van der Waals surface area (Å²) in [6, 6.07) is 13.2. The van der Waals surface area contributed by atoms with E-state index in [0.29, 0.717) is 12.1 Å². The van der Waals surface area contributed by atoms with Crippen molar-refractivity contribution in [3.63, 3.8) is 0 Å². The van der Waals surface area contributed by atoms with Crippen molar-refractivity contribution in [3.8, 4) is 0 Å². The predicted octanol–water partition coefficient (Wildman–Crippen LogP) is 2.78. The summed E-state index contributed by atoms with van der Waals surface area (Å²) in [6.07, 6.45) is 0. The Balaban J connectivity index is 2.06. The van der Waals surface area contributed by atoms with Crippen molar-refractivity contribution in [2.24, 2.45) is 5.73 Å². The van der Waals surface area contributed by atoms with Crippen LogP contribution in [0, 0.1) is 5.82 Å². The minimum absolute atomic E-state index is 0.155. The third-order valence-corrected chi connectivity index (χ3v) is 3.15. The van der Waals surface area contributed by atoms with Crippen molar-refractivity contribution >= 4 is 5.91 Å². The zero-order valence-electron chi connectivity index (χ0n) is 11.3. The third kappa shape index (κ3) is 3.42. The SMILES string of the molecule is CC(NC(=O)c1cccc(F)c1)c1ccc(CN)cc1. The second-order valence-corrected chi connectivity index (χ2v) is 4.65. The van der Waals surface area contributed by atoms with E-state index in [-0.39, 0.29) is 11.9 Å². The molecule has 3 N–H and O–H groups in total. The van der Waals surface area contributed by atoms with Crippen LogP contribution in [0.1, 0.15) is 34.5 Å². The second-order valence-electron chi connectivity index (χ2n) is 4.65. The first kappa shape index (κ1) is 14.2. The molecule has 0 aliphatic carbocycles. The van der Waals surface area contributed by atoms with Crippen LogP contribution < -0.4 is 11.1 Å². The van der Waals surface area contributed by atoms with E-state index >= 15 is 0 Å². The fourth-order valence-electron chi connectivity index (χ4n) is 1.94. The molecule has 0 saturated carbocycles. The molecule has 0 bridgehead atoms. The van der Waals surface area contributed by atoms with Gasteiger partial charge in [-0.2, -0.15) is 0 Å². The quantitative estimate of drug-likeness (QED) is 0.899. The molecule has 0 spiro atoms. The molecule has 0 radical (unpaired) electrons. The largest absolute Gasteiger partial charge is 0.346 e. The number of halogens is 1. The van der Waals surface area contributed by atoms with Crippen molar-refractivity contribution < 1.29 is 9.18 Å². The molecular formula is C16H17FN2O. The lowest BCUT2D eigenvalue weighted by molar-refractivity contribution is 0.0939. The van der Waals surface area contributed by atoms with Crippen molar-refractivity contribution in [2.45, 2.75) is 19.5 Å². The number of benzene rings is 2. The van der Waals surface area contributed by atoms with Gasteiger partial charge in [0.1, 0.15) is 5.82 Å². The van der Waals surface area contributed by atoms with Crippen molar-refractivity contribution in [1.82, 2.24) is 5.32 Å². The van der Waals surface area contributed by atoms with E-state index in [2.05, 4.69) is 5.32 Å². The van der Waals surface area contributed by atoms with Crippen LogP contribution in [0.15, 0.2) is 48.5 Å². The molecule has 0 aliphatic rings. The number of amides is 1. The summed E-state index contributed by atoms with van der Waals surface area (Å²) in [5.74, 6) is -0.711. The summed E-state index contributed by atoms with van der Waals surface area (Å²) in [5, 5.41) is 2.84. The highest BCUT2D eigenvalue weighted by molar-refractivity contribution is 5.94. The van der Waals surface area contributed by atoms with E-state index in [4.69, 9.17) is 5.73 Å². The van der Waals surface area contributed by atoms with Crippen LogP contribution in [0.3, 0.4) is 0 Å². The van der Waals surface area contributed by atoms with E-state index in [9.17, 15) is 9.18 Å². The topological polar surface area (TPSA) is 55.1 Å². The Bertz CT molecular complexity index is 596. The maximum absolute atomic E-state index is 13.1. The molecule has 0 aromatic heterocycles. The number of nitrogens with one attached hydrogen (secondary N) is 1. The van der Waals surface area contributed by atoms with Gasteiger partial charge in [-0.1, -0.05) is 30.3 Å². The van der Waals surface area contributed by atoms with Gasteiger partial charge in [-0.3, -0.25) is 4.79 Å². The monoisotopic (exact) mass is 272 g/mol. The standard InChI is InChI=1S/C16H17FN2O/c1-11(13-7-5-12(10-18)6-8-13)19-16(20)14-3-2-4-15(17)9-14/h2-9,11H,10,18H2,1H3,(H,19,20). The maximum Gasteiger partial charge on any atom is 0.251 e. The molecule has 0 fully saturated rings. The lowest BCUT2D eigenvalue weighted by atomic mass is 10.1. The summed E-state index contributed by atoms with van der Waals surface area (Å²) in [6.45, 7) is 2.37. The van der Waals surface area contributed by atoms with Gasteiger partial charge in [0.05, 0.1) is 6.04 Å². The summed E-state index contributed by atoms with van der Waals surface area (Å²) in [5.41, 5.74) is 7.87. The van der Waals surface area contributed by atoms with Gasteiger partial charge in [0.2, 0.25) is 0 Å². The smallest absolute Gasteiger partial charge is 0.251 e. The predicted molar refractivity (Wildman–Crippen MR) is 76.6 cm³/mol. The van der Waals surface area contributed by atoms with Crippen LogP contribution in [0.25, 0.3) is 0 Å². The number of hydrogen-bond donors (Lipinski definition) is 2. The zero-order valence-corrected chi connectivity index (χ0v) is 11.3. The van der Waals surface area contributed by atoms with Crippen LogP contribution in [0.4, 0.5) is 4.39 Å². The number of carbonyl (C=O) groups excluding carboxylic acids is 1. The molecule has 4 heteroatoms. The van der Waals surface area contributed by atoms with Gasteiger partial charge in [0, 0.05) is 12.1 Å². The molecule has 1 unspecified atom stereocenters. The molecule has 2 rings (SSSR count). The fraction of sp³-hybridized carbons (Fsp3) is 0.188. The molecule has 0 saturated heterocycles. The maximum atomic E-state index is 13.1. The van der Waals surface area contributed by atoms with Crippen molar-refractivity contribution in [2.75, 3.05) is 0 Å². The minimum Gasteiger partial charge on any atom is -0.346 e. The number of carbonyl (C=O) groups is 1. The highest BCUT2D eigenvalue weighted by Gasteiger charge is 2.11. The number of nitrogens with two attached hydrogens (primary N) is 1. The number of hydrogen-bond acceptors (Lipinski definition) is 2. The Morgan fingerprint density at radius 2 is 1.95 bits per heavy atom. The van der Waals surface area contributed by atoms with Crippen LogP contribution in [0.5, 0.6) is 0 Å². The van der Waals surface area contributed by atoms with Crippen LogP contribution >= 0.6 is 0 Å². The molecule has 104 valence electrons. The van der Waals surface area contributed by atoms with Crippen molar-refractivity contribution in [3.05, 3.63) is 71.0 Å². The molecule has 3 nitrogen and oxygen atoms in total. The Labute approximate surface area is 117 Å². The first-order valence-corrected chi connectivity index (χ1v) is 6.45. The normalized spacial score (nSPS) is 11.9. The zero-order chi connectivity index (χ0) is 14.5. The Hall–Kier alpha value is -2.20. The molecule has 1 amide bonds. The van der Waals surface area contributed by atoms with E-state index in [1.54, 1.807) is 6.07 Å². The highest BCUT2D eigenvalue weighted by atomic mass is 19.1. The fourth-order valence-corrected chi connectivity index (χ4v) is 1.94. The Kier molecular flexibility index (Phi) is 4.48. The van der Waals surface area contributed by atoms with E-state index in [1.165, 1.54) is 18.2 Å². The summed E-state index contributed by atoms with van der Waals surface area (Å²) in [4.78, 5) is 12.0. The second kappa shape index (κ2) is 6.30. The van der Waals surface area contributed by atoms with Gasteiger partial charge in [-0.15, -0.1) is 0 Å². The van der Waals surface area contributed by atoms with Gasteiger partial charge in [-0.05, 0) is 36.2 Å². The van der Waals surface area contributed by atoms with Gasteiger partial charge < -0.3 is 11.1 Å². The molecule has 2 aromatic rings. The van der Waals surface area contributed by atoms with Gasteiger partial charge in [0.15, 0.2) is 0 Å². The molecule has 2 aromatic carbocycles. The number of rotatable bonds is 4. The van der Waals surface area contributed by atoms with E-state index in [1.807, 2.05) is 31.2 Å². The van der Waals surface area contributed by atoms with Gasteiger partial charge in [0.25, 0.3) is 5.91 Å². The van der Waals surface area contributed by atoms with Gasteiger partial charge in [-0.25, -0.2) is 4.39 Å². The Morgan fingerprint density at radius 1 is 1.25 bits per heavy atom. The van der Waals surface area contributed by atoms with E-state index < -0.39 is 5.82 Å². The summed E-state index contributed by atoms with van der Waals surface area (Å²) < 4.78 is 13.1. The molecule has 0 heterocycles.